The fourth-order valence-electron chi connectivity index (χ4n) is 2.41. The molecule has 4 nitrogen and oxygen atoms in total. The molecule has 0 atom stereocenters. The second-order valence-electron chi connectivity index (χ2n) is 5.95. The van der Waals surface area contributed by atoms with Crippen LogP contribution in [0, 0.1) is 5.92 Å². The van der Waals surface area contributed by atoms with Gasteiger partial charge in [-0.1, -0.05) is 13.8 Å². The van der Waals surface area contributed by atoms with E-state index in [0.717, 1.165) is 26.2 Å². The summed E-state index contributed by atoms with van der Waals surface area (Å²) in [7, 11) is 1.77. The molecule has 1 aromatic heterocycles. The predicted octanol–water partition coefficient (Wildman–Crippen LogP) is 2.44. The Hall–Kier alpha value is -1.13. The third kappa shape index (κ3) is 4.46. The van der Waals surface area contributed by atoms with E-state index in [-0.39, 0.29) is 0 Å². The standard InChI is InChI=1S/C16H27N3O/c1-13(2)10-18-12-14-11-17-7-6-16(14)19(8-9-20-3)15-4-5-15/h6-7,11,13,15,18H,4-5,8-10,12H2,1-3H3. The Bertz CT molecular complexity index is 404. The van der Waals surface area contributed by atoms with Gasteiger partial charge in [0, 0.05) is 49.9 Å². The van der Waals surface area contributed by atoms with Crippen molar-refractivity contribution in [2.75, 3.05) is 31.7 Å². The summed E-state index contributed by atoms with van der Waals surface area (Å²) >= 11 is 0. The second kappa shape index (κ2) is 7.60. The molecule has 112 valence electrons. The number of hydrogen-bond donors (Lipinski definition) is 1. The SMILES string of the molecule is COCCN(c1ccncc1CNCC(C)C)C1CC1. The van der Waals surface area contributed by atoms with Crippen molar-refractivity contribution in [3.63, 3.8) is 0 Å². The molecule has 1 fully saturated rings. The highest BCUT2D eigenvalue weighted by atomic mass is 16.5. The van der Waals surface area contributed by atoms with Crippen molar-refractivity contribution < 1.29 is 4.74 Å². The molecule has 1 aliphatic rings. The summed E-state index contributed by atoms with van der Waals surface area (Å²) < 4.78 is 5.25. The van der Waals surface area contributed by atoms with Crippen molar-refractivity contribution in [3.8, 4) is 0 Å². The maximum atomic E-state index is 5.25. The molecule has 1 aliphatic carbocycles. The highest BCUT2D eigenvalue weighted by molar-refractivity contribution is 5.54. The topological polar surface area (TPSA) is 37.4 Å². The van der Waals surface area contributed by atoms with Gasteiger partial charge in [-0.25, -0.2) is 0 Å². The van der Waals surface area contributed by atoms with Gasteiger partial charge < -0.3 is 15.0 Å². The van der Waals surface area contributed by atoms with Gasteiger partial charge in [0.2, 0.25) is 0 Å². The molecule has 1 N–H and O–H groups in total. The minimum atomic E-state index is 0.670. The molecular formula is C16H27N3O. The van der Waals surface area contributed by atoms with Crippen LogP contribution >= 0.6 is 0 Å². The zero-order valence-corrected chi connectivity index (χ0v) is 12.9. The molecule has 1 aromatic rings. The molecule has 4 heteroatoms. The van der Waals surface area contributed by atoms with E-state index in [0.29, 0.717) is 12.0 Å². The number of nitrogens with one attached hydrogen (secondary N) is 1. The van der Waals surface area contributed by atoms with Crippen molar-refractivity contribution in [3.05, 3.63) is 24.0 Å². The van der Waals surface area contributed by atoms with Gasteiger partial charge in [-0.2, -0.15) is 0 Å². The van der Waals surface area contributed by atoms with Gasteiger partial charge in [0.25, 0.3) is 0 Å². The van der Waals surface area contributed by atoms with Crippen LogP contribution in [0.15, 0.2) is 18.5 Å². The van der Waals surface area contributed by atoms with Crippen LogP contribution in [0.4, 0.5) is 5.69 Å². The summed E-state index contributed by atoms with van der Waals surface area (Å²) in [5, 5.41) is 3.51. The smallest absolute Gasteiger partial charge is 0.0637 e. The maximum absolute atomic E-state index is 5.25. The summed E-state index contributed by atoms with van der Waals surface area (Å²) in [5.74, 6) is 0.670. The van der Waals surface area contributed by atoms with Crippen LogP contribution in [0.1, 0.15) is 32.3 Å². The minimum Gasteiger partial charge on any atom is -0.383 e. The predicted molar refractivity (Wildman–Crippen MR) is 83.0 cm³/mol. The van der Waals surface area contributed by atoms with Gasteiger partial charge in [0.1, 0.15) is 0 Å². The Morgan fingerprint density at radius 1 is 1.45 bits per heavy atom. The lowest BCUT2D eigenvalue weighted by molar-refractivity contribution is 0.205. The fraction of sp³-hybridized carbons (Fsp3) is 0.688. The van der Waals surface area contributed by atoms with E-state index in [2.05, 4.69) is 35.1 Å². The number of nitrogens with zero attached hydrogens (tertiary/aromatic N) is 2. The first-order valence-electron chi connectivity index (χ1n) is 7.61. The summed E-state index contributed by atoms with van der Waals surface area (Å²) in [6.45, 7) is 8.12. The Morgan fingerprint density at radius 3 is 2.90 bits per heavy atom. The molecule has 0 bridgehead atoms. The van der Waals surface area contributed by atoms with Crippen molar-refractivity contribution in [1.29, 1.82) is 0 Å². The van der Waals surface area contributed by atoms with Crippen molar-refractivity contribution in [1.82, 2.24) is 10.3 Å². The fourth-order valence-corrected chi connectivity index (χ4v) is 2.41. The summed E-state index contributed by atoms with van der Waals surface area (Å²) in [5.41, 5.74) is 2.60. The Labute approximate surface area is 122 Å². The number of rotatable bonds is 9. The molecule has 1 saturated carbocycles. The van der Waals surface area contributed by atoms with Crippen LogP contribution in [0.5, 0.6) is 0 Å². The molecule has 0 aliphatic heterocycles. The van der Waals surface area contributed by atoms with E-state index in [9.17, 15) is 0 Å². The Morgan fingerprint density at radius 2 is 2.25 bits per heavy atom. The lowest BCUT2D eigenvalue weighted by atomic mass is 10.2. The van der Waals surface area contributed by atoms with Crippen LogP contribution < -0.4 is 10.2 Å². The second-order valence-corrected chi connectivity index (χ2v) is 5.95. The van der Waals surface area contributed by atoms with E-state index in [1.165, 1.54) is 24.1 Å². The van der Waals surface area contributed by atoms with Crippen LogP contribution in [0.2, 0.25) is 0 Å². The zero-order valence-electron chi connectivity index (χ0n) is 12.9. The molecular weight excluding hydrogens is 250 g/mol. The quantitative estimate of drug-likeness (QED) is 0.752. The Kier molecular flexibility index (Phi) is 5.80. The molecule has 0 spiro atoms. The van der Waals surface area contributed by atoms with Gasteiger partial charge in [-0.05, 0) is 31.4 Å². The van der Waals surface area contributed by atoms with Crippen molar-refractivity contribution in [2.45, 2.75) is 39.3 Å². The van der Waals surface area contributed by atoms with Crippen LogP contribution in [-0.4, -0.2) is 37.8 Å². The molecule has 1 heterocycles. The number of aromatic nitrogens is 1. The lowest BCUT2D eigenvalue weighted by Crippen LogP contribution is -2.31. The van der Waals surface area contributed by atoms with E-state index in [1.807, 2.05) is 12.4 Å². The van der Waals surface area contributed by atoms with E-state index in [1.54, 1.807) is 7.11 Å². The highest BCUT2D eigenvalue weighted by Gasteiger charge is 2.30. The first-order valence-corrected chi connectivity index (χ1v) is 7.61. The molecule has 0 aromatic carbocycles. The van der Waals surface area contributed by atoms with Crippen LogP contribution in [-0.2, 0) is 11.3 Å². The Balaban J connectivity index is 2.04. The number of ether oxygens (including phenoxy) is 1. The largest absolute Gasteiger partial charge is 0.383 e. The summed E-state index contributed by atoms with van der Waals surface area (Å²) in [6, 6.07) is 2.83. The minimum absolute atomic E-state index is 0.670. The van der Waals surface area contributed by atoms with Crippen molar-refractivity contribution in [2.24, 2.45) is 5.92 Å². The lowest BCUT2D eigenvalue weighted by Gasteiger charge is -2.27. The number of methoxy groups -OCH3 is 1. The van der Waals surface area contributed by atoms with Gasteiger partial charge in [0.15, 0.2) is 0 Å². The molecule has 0 radical (unpaired) electrons. The highest BCUT2D eigenvalue weighted by Crippen LogP contribution is 2.33. The first kappa shape index (κ1) is 15.3. The monoisotopic (exact) mass is 277 g/mol. The normalized spacial score (nSPS) is 14.8. The summed E-state index contributed by atoms with van der Waals surface area (Å²) in [6.07, 6.45) is 6.48. The average Bonchev–Trinajstić information content (AvgIpc) is 3.25. The van der Waals surface area contributed by atoms with E-state index < -0.39 is 0 Å². The van der Waals surface area contributed by atoms with Crippen LogP contribution in [0.3, 0.4) is 0 Å². The third-order valence-corrected chi connectivity index (χ3v) is 3.58. The zero-order chi connectivity index (χ0) is 14.4. The third-order valence-electron chi connectivity index (χ3n) is 3.58. The number of anilines is 1. The molecule has 0 unspecified atom stereocenters. The van der Waals surface area contributed by atoms with Crippen molar-refractivity contribution >= 4 is 5.69 Å². The van der Waals surface area contributed by atoms with Crippen LogP contribution in [0.25, 0.3) is 0 Å². The van der Waals surface area contributed by atoms with E-state index >= 15 is 0 Å². The van der Waals surface area contributed by atoms with E-state index in [4.69, 9.17) is 4.74 Å². The van der Waals surface area contributed by atoms with Gasteiger partial charge in [-0.3, -0.25) is 4.98 Å². The number of hydrogen-bond acceptors (Lipinski definition) is 4. The molecule has 20 heavy (non-hydrogen) atoms. The van der Waals surface area contributed by atoms with Gasteiger partial charge >= 0.3 is 0 Å². The number of pyridine rings is 1. The maximum Gasteiger partial charge on any atom is 0.0637 e. The molecule has 0 amide bonds. The molecule has 2 rings (SSSR count). The van der Waals surface area contributed by atoms with Gasteiger partial charge in [0.05, 0.1) is 6.61 Å². The van der Waals surface area contributed by atoms with Gasteiger partial charge in [-0.15, -0.1) is 0 Å². The first-order chi connectivity index (χ1) is 9.72. The molecule has 0 saturated heterocycles. The average molecular weight is 277 g/mol. The summed E-state index contributed by atoms with van der Waals surface area (Å²) in [4.78, 5) is 6.77.